The van der Waals surface area contributed by atoms with Gasteiger partial charge in [0.25, 0.3) is 0 Å². The van der Waals surface area contributed by atoms with Crippen molar-refractivity contribution in [2.75, 3.05) is 12.0 Å². The minimum Gasteiger partial charge on any atom is -0.445 e. The van der Waals surface area contributed by atoms with Crippen molar-refractivity contribution in [2.45, 2.75) is 137 Å². The second-order valence-corrected chi connectivity index (χ2v) is 16.1. The van der Waals surface area contributed by atoms with Crippen LogP contribution in [0.2, 0.25) is 0 Å². The summed E-state index contributed by atoms with van der Waals surface area (Å²) in [7, 11) is 0. The molecule has 5 amide bonds. The topological polar surface area (TPSA) is 184 Å². The largest absolute Gasteiger partial charge is 0.445 e. The van der Waals surface area contributed by atoms with Gasteiger partial charge in [-0.1, -0.05) is 71.9 Å². The number of aliphatic hydroxyl groups excluding tert-OH is 1. The number of alkyl carbamates (subject to hydrolysis) is 2. The van der Waals surface area contributed by atoms with Crippen LogP contribution in [0.15, 0.2) is 30.3 Å². The molecule has 0 aliphatic rings. The average molecular weight is 738 g/mol. The van der Waals surface area contributed by atoms with E-state index in [1.165, 1.54) is 11.8 Å². The highest BCUT2D eigenvalue weighted by Gasteiger charge is 2.33. The van der Waals surface area contributed by atoms with Gasteiger partial charge >= 0.3 is 12.2 Å². The summed E-state index contributed by atoms with van der Waals surface area (Å²) in [5.41, 5.74) is 0.0655. The van der Waals surface area contributed by atoms with Crippen LogP contribution in [0.3, 0.4) is 0 Å². The Kier molecular flexibility index (Phi) is 20.0. The summed E-state index contributed by atoms with van der Waals surface area (Å²) in [6.45, 7) is 18.1. The summed E-state index contributed by atoms with van der Waals surface area (Å²) in [6.07, 6.45) is 0.279. The van der Waals surface area contributed by atoms with Crippen LogP contribution in [0.5, 0.6) is 0 Å². The lowest BCUT2D eigenvalue weighted by atomic mass is 9.94. The molecule has 1 aromatic rings. The van der Waals surface area contributed by atoms with E-state index in [9.17, 15) is 29.1 Å². The fraction of sp³-hybridized carbons (Fsp3) is 0.703. The monoisotopic (exact) mass is 737 g/mol. The summed E-state index contributed by atoms with van der Waals surface area (Å²) < 4.78 is 10.6. The molecule has 6 N–H and O–H groups in total. The predicted molar refractivity (Wildman–Crippen MR) is 201 cm³/mol. The lowest BCUT2D eigenvalue weighted by molar-refractivity contribution is -0.131. The molecule has 0 aliphatic heterocycles. The Morgan fingerprint density at radius 2 is 1.29 bits per heavy atom. The molecular formula is C37H63N5O8S. The van der Waals surface area contributed by atoms with E-state index in [0.717, 1.165) is 5.56 Å². The van der Waals surface area contributed by atoms with Crippen molar-refractivity contribution in [3.05, 3.63) is 35.9 Å². The van der Waals surface area contributed by atoms with E-state index in [-0.39, 0.29) is 30.8 Å². The molecule has 1 aromatic carbocycles. The molecule has 0 fully saturated rings. The minimum atomic E-state index is -1.04. The van der Waals surface area contributed by atoms with Crippen molar-refractivity contribution < 1.29 is 38.6 Å². The summed E-state index contributed by atoms with van der Waals surface area (Å²) in [4.78, 5) is 65.3. The minimum absolute atomic E-state index is 0.0633. The normalized spacial score (nSPS) is 15.2. The van der Waals surface area contributed by atoms with E-state index < -0.39 is 71.8 Å². The first-order valence-corrected chi connectivity index (χ1v) is 19.2. The number of nitrogens with one attached hydrogen (secondary N) is 5. The molecule has 51 heavy (non-hydrogen) atoms. The maximum atomic E-state index is 13.7. The first-order valence-electron chi connectivity index (χ1n) is 17.8. The summed E-state index contributed by atoms with van der Waals surface area (Å²) in [5.74, 6) is -1.26. The summed E-state index contributed by atoms with van der Waals surface area (Å²) in [6, 6.07) is 5.26. The first-order chi connectivity index (χ1) is 23.7. The molecule has 0 heterocycles. The van der Waals surface area contributed by atoms with Crippen LogP contribution in [-0.4, -0.2) is 88.9 Å². The van der Waals surface area contributed by atoms with Gasteiger partial charge in [0.15, 0.2) is 0 Å². The average Bonchev–Trinajstić information content (AvgIpc) is 3.01. The van der Waals surface area contributed by atoms with Gasteiger partial charge in [-0.05, 0) is 82.3 Å². The zero-order chi connectivity index (χ0) is 38.9. The lowest BCUT2D eigenvalue weighted by Crippen LogP contribution is -2.58. The number of benzene rings is 1. The van der Waals surface area contributed by atoms with Gasteiger partial charge in [0.05, 0.1) is 12.1 Å². The Morgan fingerprint density at radius 3 is 1.80 bits per heavy atom. The van der Waals surface area contributed by atoms with Gasteiger partial charge in [0.1, 0.15) is 30.3 Å². The Morgan fingerprint density at radius 1 is 0.745 bits per heavy atom. The molecular weight excluding hydrogens is 675 g/mol. The predicted octanol–water partition coefficient (Wildman–Crippen LogP) is 4.51. The SMILES string of the molecule is CSCC[C@H](NC(=O)[C@@H](NC(=O)OC(C)(C)C)C(C)C)C(=O)N[C@@H](CC(C)C)[C@@H](O)C[C@H](C)NC(=O)[C@@H](NC(=O)OCc1ccccc1)C(C)C. The van der Waals surface area contributed by atoms with Gasteiger partial charge < -0.3 is 41.2 Å². The molecule has 0 aromatic heterocycles. The molecule has 0 bridgehead atoms. The number of carbonyl (C=O) groups excluding carboxylic acids is 5. The number of ether oxygens (including phenoxy) is 2. The lowest BCUT2D eigenvalue weighted by Gasteiger charge is -2.31. The van der Waals surface area contributed by atoms with Gasteiger partial charge in [-0.25, -0.2) is 9.59 Å². The number of thioether (sulfide) groups is 1. The van der Waals surface area contributed by atoms with Crippen molar-refractivity contribution in [1.29, 1.82) is 0 Å². The quantitative estimate of drug-likeness (QED) is 0.112. The van der Waals surface area contributed by atoms with E-state index in [0.29, 0.717) is 18.6 Å². The van der Waals surface area contributed by atoms with Gasteiger partial charge in [-0.3, -0.25) is 14.4 Å². The third-order valence-corrected chi connectivity index (χ3v) is 8.45. The molecule has 13 nitrogen and oxygen atoms in total. The van der Waals surface area contributed by atoms with Crippen molar-refractivity contribution in [3.8, 4) is 0 Å². The van der Waals surface area contributed by atoms with Crippen LogP contribution >= 0.6 is 11.8 Å². The van der Waals surface area contributed by atoms with Crippen molar-refractivity contribution in [2.24, 2.45) is 17.8 Å². The van der Waals surface area contributed by atoms with Crippen molar-refractivity contribution in [3.63, 3.8) is 0 Å². The van der Waals surface area contributed by atoms with E-state index in [2.05, 4.69) is 26.6 Å². The Balaban J connectivity index is 2.96. The Labute approximate surface area is 308 Å². The zero-order valence-corrected chi connectivity index (χ0v) is 33.1. The van der Waals surface area contributed by atoms with Gasteiger partial charge in [0.2, 0.25) is 17.7 Å². The number of aliphatic hydroxyl groups is 1. The highest BCUT2D eigenvalue weighted by atomic mass is 32.2. The number of rotatable bonds is 20. The molecule has 14 heteroatoms. The van der Waals surface area contributed by atoms with E-state index >= 15 is 0 Å². The third-order valence-electron chi connectivity index (χ3n) is 7.80. The number of amides is 5. The van der Waals surface area contributed by atoms with Crippen LogP contribution in [-0.2, 0) is 30.5 Å². The van der Waals surface area contributed by atoms with Crippen LogP contribution in [0, 0.1) is 17.8 Å². The fourth-order valence-electron chi connectivity index (χ4n) is 5.18. The second kappa shape index (κ2) is 22.4. The molecule has 290 valence electrons. The van der Waals surface area contributed by atoms with Crippen molar-refractivity contribution in [1.82, 2.24) is 26.6 Å². The van der Waals surface area contributed by atoms with Gasteiger partial charge in [-0.2, -0.15) is 11.8 Å². The fourth-order valence-corrected chi connectivity index (χ4v) is 5.66. The molecule has 0 saturated carbocycles. The third kappa shape index (κ3) is 18.5. The second-order valence-electron chi connectivity index (χ2n) is 15.1. The Hall–Kier alpha value is -3.52. The highest BCUT2D eigenvalue weighted by Crippen LogP contribution is 2.15. The van der Waals surface area contributed by atoms with Crippen LogP contribution in [0.4, 0.5) is 9.59 Å². The van der Waals surface area contributed by atoms with E-state index in [4.69, 9.17) is 9.47 Å². The number of carbonyl (C=O) groups is 5. The molecule has 6 atom stereocenters. The Bertz CT molecular complexity index is 1240. The standard InChI is InChI=1S/C37H63N5O8S/c1-22(2)19-28(40-32(44)27(17-18-51-11)39-34(46)31(24(5)6)42-36(48)50-37(8,9)10)29(43)20-25(7)38-33(45)30(23(3)4)41-35(47)49-21-26-15-13-12-14-16-26/h12-16,22-25,27-31,43H,17-21H2,1-11H3,(H,38,45)(H,39,46)(H,40,44)(H,41,47)(H,42,48)/t25-,27-,28-,29-,30-,31-/m0/s1. The molecule has 0 radical (unpaired) electrons. The van der Waals surface area contributed by atoms with E-state index in [1.807, 2.05) is 50.4 Å². The van der Waals surface area contributed by atoms with Crippen LogP contribution in [0.1, 0.15) is 94.1 Å². The first kappa shape index (κ1) is 45.5. The van der Waals surface area contributed by atoms with Crippen LogP contribution in [0.25, 0.3) is 0 Å². The van der Waals surface area contributed by atoms with E-state index in [1.54, 1.807) is 55.4 Å². The molecule has 0 aliphatic carbocycles. The molecule has 0 spiro atoms. The van der Waals surface area contributed by atoms with Gasteiger partial charge in [0, 0.05) is 6.04 Å². The number of hydrogen-bond acceptors (Lipinski definition) is 9. The molecule has 0 saturated heterocycles. The highest BCUT2D eigenvalue weighted by molar-refractivity contribution is 7.98. The van der Waals surface area contributed by atoms with Gasteiger partial charge in [-0.15, -0.1) is 0 Å². The molecule has 1 rings (SSSR count). The summed E-state index contributed by atoms with van der Waals surface area (Å²) in [5, 5.41) is 25.2. The maximum absolute atomic E-state index is 13.7. The molecule has 0 unspecified atom stereocenters. The van der Waals surface area contributed by atoms with Crippen molar-refractivity contribution >= 4 is 41.7 Å². The zero-order valence-electron chi connectivity index (χ0n) is 32.3. The smallest absolute Gasteiger partial charge is 0.408 e. The van der Waals surface area contributed by atoms with Crippen LogP contribution < -0.4 is 26.6 Å². The summed E-state index contributed by atoms with van der Waals surface area (Å²) >= 11 is 1.52. The maximum Gasteiger partial charge on any atom is 0.408 e. The number of hydrogen-bond donors (Lipinski definition) is 6.